The van der Waals surface area contributed by atoms with Crippen LogP contribution < -0.4 is 11.1 Å². The third-order valence-electron chi connectivity index (χ3n) is 3.86. The van der Waals surface area contributed by atoms with Crippen molar-refractivity contribution in [3.8, 4) is 0 Å². The average molecular weight is 248 g/mol. The van der Waals surface area contributed by atoms with Gasteiger partial charge in [-0.2, -0.15) is 0 Å². The fraction of sp³-hybridized carbons (Fsp3) is 0.533. The van der Waals surface area contributed by atoms with Crippen LogP contribution in [0.15, 0.2) is 18.2 Å². The number of carbonyl (C=O) groups is 1. The van der Waals surface area contributed by atoms with Crippen molar-refractivity contribution in [3.63, 3.8) is 0 Å². The molecule has 3 N–H and O–H groups in total. The van der Waals surface area contributed by atoms with Crippen molar-refractivity contribution in [1.82, 2.24) is 5.32 Å². The van der Waals surface area contributed by atoms with Gasteiger partial charge in [-0.05, 0) is 43.9 Å². The van der Waals surface area contributed by atoms with Crippen molar-refractivity contribution < 1.29 is 4.79 Å². The molecule has 0 unspecified atom stereocenters. The van der Waals surface area contributed by atoms with Crippen LogP contribution in [-0.4, -0.2) is 11.4 Å². The molecule has 18 heavy (non-hydrogen) atoms. The van der Waals surface area contributed by atoms with Gasteiger partial charge in [-0.1, -0.05) is 26.8 Å². The highest BCUT2D eigenvalue weighted by molar-refractivity contribution is 5.99. The Hall–Kier alpha value is -1.51. The number of carbonyl (C=O) groups excluding carboxylic acids is 1. The number of aryl methyl sites for hydroxylation is 1. The molecule has 0 fully saturated rings. The minimum Gasteiger partial charge on any atom is -0.398 e. The number of benzene rings is 1. The Balaban J connectivity index is 2.94. The van der Waals surface area contributed by atoms with Crippen molar-refractivity contribution in [1.29, 1.82) is 0 Å². The van der Waals surface area contributed by atoms with E-state index in [2.05, 4.69) is 26.1 Å². The highest BCUT2D eigenvalue weighted by Gasteiger charge is 2.26. The summed E-state index contributed by atoms with van der Waals surface area (Å²) in [5, 5.41) is 3.14. The summed E-state index contributed by atoms with van der Waals surface area (Å²) in [5.74, 6) is -0.0712. The molecular weight excluding hydrogens is 224 g/mol. The molecule has 0 aliphatic heterocycles. The number of hydrogen-bond donors (Lipinski definition) is 2. The maximum atomic E-state index is 12.3. The lowest BCUT2D eigenvalue weighted by Gasteiger charge is -2.32. The van der Waals surface area contributed by atoms with E-state index in [9.17, 15) is 4.79 Å². The summed E-state index contributed by atoms with van der Waals surface area (Å²) < 4.78 is 0. The second-order valence-corrected chi connectivity index (χ2v) is 4.89. The zero-order valence-electron chi connectivity index (χ0n) is 11.8. The predicted octanol–water partition coefficient (Wildman–Crippen LogP) is 3.28. The van der Waals surface area contributed by atoms with Crippen molar-refractivity contribution in [3.05, 3.63) is 29.3 Å². The van der Waals surface area contributed by atoms with E-state index in [1.165, 1.54) is 0 Å². The van der Waals surface area contributed by atoms with Gasteiger partial charge in [-0.15, -0.1) is 0 Å². The van der Waals surface area contributed by atoms with Crippen LogP contribution in [0.3, 0.4) is 0 Å². The van der Waals surface area contributed by atoms with E-state index in [1.807, 2.05) is 19.1 Å². The molecule has 100 valence electrons. The molecule has 0 saturated carbocycles. The number of nitrogen functional groups attached to an aromatic ring is 1. The molecule has 3 heteroatoms. The Labute approximate surface area is 110 Å². The van der Waals surface area contributed by atoms with Crippen LogP contribution >= 0.6 is 0 Å². The summed E-state index contributed by atoms with van der Waals surface area (Å²) in [4.78, 5) is 12.3. The summed E-state index contributed by atoms with van der Waals surface area (Å²) >= 11 is 0. The normalized spacial score (nSPS) is 11.3. The first-order valence-corrected chi connectivity index (χ1v) is 6.66. The maximum absolute atomic E-state index is 12.3. The topological polar surface area (TPSA) is 55.1 Å². The number of amides is 1. The molecule has 0 saturated heterocycles. The quantitative estimate of drug-likeness (QED) is 0.786. The van der Waals surface area contributed by atoms with E-state index >= 15 is 0 Å². The van der Waals surface area contributed by atoms with Crippen LogP contribution in [0.1, 0.15) is 56.0 Å². The lowest BCUT2D eigenvalue weighted by molar-refractivity contribution is 0.0889. The predicted molar refractivity (Wildman–Crippen MR) is 76.7 cm³/mol. The minimum absolute atomic E-state index is 0.0712. The zero-order valence-corrected chi connectivity index (χ0v) is 11.8. The molecular formula is C15H24N2O. The lowest BCUT2D eigenvalue weighted by atomic mass is 9.89. The van der Waals surface area contributed by atoms with Gasteiger partial charge < -0.3 is 11.1 Å². The van der Waals surface area contributed by atoms with Gasteiger partial charge in [0.2, 0.25) is 0 Å². The van der Waals surface area contributed by atoms with Gasteiger partial charge in [0, 0.05) is 11.2 Å². The van der Waals surface area contributed by atoms with Crippen LogP contribution in [0.4, 0.5) is 5.69 Å². The van der Waals surface area contributed by atoms with Gasteiger partial charge in [-0.3, -0.25) is 4.79 Å². The number of nitrogens with two attached hydrogens (primary N) is 1. The Bertz CT molecular complexity index is 414. The second-order valence-electron chi connectivity index (χ2n) is 4.89. The van der Waals surface area contributed by atoms with Crippen molar-refractivity contribution in [2.24, 2.45) is 0 Å². The van der Waals surface area contributed by atoms with E-state index in [0.29, 0.717) is 11.3 Å². The van der Waals surface area contributed by atoms with Crippen LogP contribution in [0.2, 0.25) is 0 Å². The zero-order chi connectivity index (χ0) is 13.8. The number of hydrogen-bond acceptors (Lipinski definition) is 2. The minimum atomic E-state index is -0.117. The van der Waals surface area contributed by atoms with Crippen LogP contribution in [-0.2, 0) is 0 Å². The van der Waals surface area contributed by atoms with Gasteiger partial charge in [0.05, 0.1) is 5.56 Å². The molecule has 0 heterocycles. The molecule has 3 nitrogen and oxygen atoms in total. The number of anilines is 1. The van der Waals surface area contributed by atoms with Crippen molar-refractivity contribution in [2.45, 2.75) is 52.5 Å². The average Bonchev–Trinajstić information content (AvgIpc) is 2.36. The highest BCUT2D eigenvalue weighted by Crippen LogP contribution is 2.21. The third kappa shape index (κ3) is 3.03. The van der Waals surface area contributed by atoms with E-state index < -0.39 is 0 Å². The van der Waals surface area contributed by atoms with E-state index in [4.69, 9.17) is 5.73 Å². The summed E-state index contributed by atoms with van der Waals surface area (Å²) in [5.41, 5.74) is 7.97. The Morgan fingerprint density at radius 2 is 1.78 bits per heavy atom. The molecule has 0 aliphatic carbocycles. The standard InChI is InChI=1S/C15H24N2O/c1-5-15(6-2,7-3)17-14(18)12-9-8-11(4)10-13(12)16/h8-10H,5-7,16H2,1-4H3,(H,17,18). The first-order chi connectivity index (χ1) is 8.48. The molecule has 0 spiro atoms. The fourth-order valence-electron chi connectivity index (χ4n) is 2.21. The number of rotatable bonds is 5. The molecule has 1 rings (SSSR count). The smallest absolute Gasteiger partial charge is 0.253 e. The summed E-state index contributed by atoms with van der Waals surface area (Å²) in [6, 6.07) is 5.54. The molecule has 1 aromatic carbocycles. The van der Waals surface area contributed by atoms with Gasteiger partial charge in [0.1, 0.15) is 0 Å². The Morgan fingerprint density at radius 3 is 2.22 bits per heavy atom. The third-order valence-corrected chi connectivity index (χ3v) is 3.86. The highest BCUT2D eigenvalue weighted by atomic mass is 16.1. The van der Waals surface area contributed by atoms with Gasteiger partial charge in [0.25, 0.3) is 5.91 Å². The summed E-state index contributed by atoms with van der Waals surface area (Å²) in [6.07, 6.45) is 2.78. The fourth-order valence-corrected chi connectivity index (χ4v) is 2.21. The second kappa shape index (κ2) is 5.89. The first kappa shape index (κ1) is 14.6. The largest absolute Gasteiger partial charge is 0.398 e. The molecule has 0 bridgehead atoms. The van der Waals surface area contributed by atoms with Gasteiger partial charge >= 0.3 is 0 Å². The number of nitrogens with one attached hydrogen (secondary N) is 1. The van der Waals surface area contributed by atoms with Crippen molar-refractivity contribution >= 4 is 11.6 Å². The molecule has 0 radical (unpaired) electrons. The molecule has 1 amide bonds. The van der Waals surface area contributed by atoms with E-state index in [-0.39, 0.29) is 11.4 Å². The Morgan fingerprint density at radius 1 is 1.22 bits per heavy atom. The molecule has 0 atom stereocenters. The summed E-state index contributed by atoms with van der Waals surface area (Å²) in [7, 11) is 0. The first-order valence-electron chi connectivity index (χ1n) is 6.66. The van der Waals surface area contributed by atoms with E-state index in [1.54, 1.807) is 6.07 Å². The van der Waals surface area contributed by atoms with Gasteiger partial charge in [0.15, 0.2) is 0 Å². The van der Waals surface area contributed by atoms with E-state index in [0.717, 1.165) is 24.8 Å². The van der Waals surface area contributed by atoms with Crippen LogP contribution in [0.5, 0.6) is 0 Å². The van der Waals surface area contributed by atoms with Crippen molar-refractivity contribution in [2.75, 3.05) is 5.73 Å². The summed E-state index contributed by atoms with van der Waals surface area (Å²) in [6.45, 7) is 8.27. The van der Waals surface area contributed by atoms with Gasteiger partial charge in [-0.25, -0.2) is 0 Å². The lowest BCUT2D eigenvalue weighted by Crippen LogP contribution is -2.47. The molecule has 0 aromatic heterocycles. The Kier molecular flexibility index (Phi) is 4.76. The molecule has 0 aliphatic rings. The molecule has 1 aromatic rings. The monoisotopic (exact) mass is 248 g/mol. The van der Waals surface area contributed by atoms with Crippen LogP contribution in [0, 0.1) is 6.92 Å². The SMILES string of the molecule is CCC(CC)(CC)NC(=O)c1ccc(C)cc1N. The maximum Gasteiger partial charge on any atom is 0.253 e. The van der Waals surface area contributed by atoms with Crippen LogP contribution in [0.25, 0.3) is 0 Å².